The van der Waals surface area contributed by atoms with E-state index in [1.54, 1.807) is 32.0 Å². The first-order chi connectivity index (χ1) is 17.6. The molecule has 0 spiro atoms. The van der Waals surface area contributed by atoms with Gasteiger partial charge in [0.1, 0.15) is 16.4 Å². The van der Waals surface area contributed by atoms with E-state index in [-0.39, 0.29) is 26.8 Å². The van der Waals surface area contributed by atoms with E-state index in [9.17, 15) is 29.6 Å². The van der Waals surface area contributed by atoms with E-state index in [1.165, 1.54) is 38.5 Å². The summed E-state index contributed by atoms with van der Waals surface area (Å²) in [6.45, 7) is 3.32. The number of aliphatic hydroxyl groups is 1. The number of methoxy groups -OCH3 is 2. The number of carbonyl (C=O) groups excluding carboxylic acids is 3. The van der Waals surface area contributed by atoms with Crippen LogP contribution in [0.5, 0.6) is 5.75 Å². The number of rotatable bonds is 6. The van der Waals surface area contributed by atoms with Crippen molar-refractivity contribution < 1.29 is 33.9 Å². The number of esters is 1. The maximum Gasteiger partial charge on any atom is 0.350 e. The largest absolute Gasteiger partial charge is 0.507 e. The number of thiazole rings is 1. The van der Waals surface area contributed by atoms with E-state index < -0.39 is 34.4 Å². The third-order valence-corrected chi connectivity index (χ3v) is 7.03. The Morgan fingerprint density at radius 3 is 2.38 bits per heavy atom. The smallest absolute Gasteiger partial charge is 0.350 e. The monoisotopic (exact) mass is 523 g/mol. The molecule has 0 saturated carbocycles. The van der Waals surface area contributed by atoms with Crippen molar-refractivity contribution >= 4 is 45.6 Å². The maximum atomic E-state index is 13.3. The number of aryl methyl sites for hydroxylation is 2. The van der Waals surface area contributed by atoms with E-state index in [0.29, 0.717) is 22.6 Å². The van der Waals surface area contributed by atoms with Crippen molar-refractivity contribution in [3.05, 3.63) is 85.4 Å². The Labute approximate surface area is 214 Å². The normalized spacial score (nSPS) is 16.6. The van der Waals surface area contributed by atoms with Crippen LogP contribution in [0.25, 0.3) is 5.76 Å². The molecule has 0 unspecified atom stereocenters. The van der Waals surface area contributed by atoms with Gasteiger partial charge in [-0.3, -0.25) is 24.6 Å². The van der Waals surface area contributed by atoms with Gasteiger partial charge in [-0.05, 0) is 55.3 Å². The Morgan fingerprint density at radius 1 is 1.14 bits per heavy atom. The highest BCUT2D eigenvalue weighted by Crippen LogP contribution is 2.44. The number of Topliss-reactive ketones (excluding diaryl/α,β-unsaturated/α-hetero) is 1. The molecule has 4 rings (SSSR count). The number of hydrogen-bond donors (Lipinski definition) is 1. The van der Waals surface area contributed by atoms with Gasteiger partial charge in [0.2, 0.25) is 0 Å². The van der Waals surface area contributed by atoms with Gasteiger partial charge < -0.3 is 14.6 Å². The molecule has 3 aromatic rings. The highest BCUT2D eigenvalue weighted by molar-refractivity contribution is 7.17. The summed E-state index contributed by atoms with van der Waals surface area (Å²) in [5.41, 5.74) is 1.16. The molecule has 2 heterocycles. The van der Waals surface area contributed by atoms with E-state index in [2.05, 4.69) is 4.98 Å². The summed E-state index contributed by atoms with van der Waals surface area (Å²) in [5, 5.41) is 22.5. The van der Waals surface area contributed by atoms with Crippen molar-refractivity contribution in [1.29, 1.82) is 0 Å². The summed E-state index contributed by atoms with van der Waals surface area (Å²) >= 11 is 0.857. The lowest BCUT2D eigenvalue weighted by atomic mass is 9.94. The number of ketones is 1. The zero-order valence-corrected chi connectivity index (χ0v) is 21.0. The second-order valence-electron chi connectivity index (χ2n) is 8.10. The first-order valence-electron chi connectivity index (χ1n) is 10.8. The number of benzene rings is 2. The fourth-order valence-corrected chi connectivity index (χ4v) is 5.08. The number of ether oxygens (including phenoxy) is 2. The Hall–Kier alpha value is -4.58. The number of nitrogens with zero attached hydrogens (tertiary/aromatic N) is 3. The molecule has 0 radical (unpaired) electrons. The number of aromatic nitrogens is 1. The van der Waals surface area contributed by atoms with Crippen molar-refractivity contribution in [1.82, 2.24) is 4.98 Å². The second kappa shape index (κ2) is 9.82. The number of amides is 1. The molecule has 2 aromatic carbocycles. The lowest BCUT2D eigenvalue weighted by Gasteiger charge is -2.23. The zero-order valence-electron chi connectivity index (χ0n) is 20.2. The highest BCUT2D eigenvalue weighted by Gasteiger charge is 2.48. The molecule has 0 aliphatic carbocycles. The predicted molar refractivity (Wildman–Crippen MR) is 134 cm³/mol. The standard InChI is InChI=1S/C25H21N3O8S/c1-12-11-15(7-10-17(12)35-3)20(29)18-19(14-5-8-16(9-6-14)28(33)34)27(23(31)21(18)30)25-26-13(2)22(37-25)24(32)36-4/h5-11,19,29H,1-4H3/b20-18+/t19-/m1/s1. The van der Waals surface area contributed by atoms with E-state index in [1.807, 2.05) is 0 Å². The van der Waals surface area contributed by atoms with Gasteiger partial charge in [0, 0.05) is 17.7 Å². The van der Waals surface area contributed by atoms with Crippen LogP contribution in [-0.2, 0) is 14.3 Å². The molecule has 1 N–H and O–H groups in total. The van der Waals surface area contributed by atoms with Crippen molar-refractivity contribution in [2.45, 2.75) is 19.9 Å². The molecular weight excluding hydrogens is 502 g/mol. The zero-order chi connectivity index (χ0) is 27.0. The van der Waals surface area contributed by atoms with Crippen LogP contribution in [0.1, 0.15) is 38.1 Å². The molecular formula is C25H21N3O8S. The van der Waals surface area contributed by atoms with Gasteiger partial charge in [-0.15, -0.1) is 0 Å². The highest BCUT2D eigenvalue weighted by atomic mass is 32.1. The van der Waals surface area contributed by atoms with Crippen LogP contribution < -0.4 is 9.64 Å². The molecule has 1 atom stereocenters. The van der Waals surface area contributed by atoms with E-state index in [0.717, 1.165) is 16.2 Å². The van der Waals surface area contributed by atoms with Gasteiger partial charge in [-0.25, -0.2) is 9.78 Å². The minimum Gasteiger partial charge on any atom is -0.507 e. The number of aliphatic hydroxyl groups excluding tert-OH is 1. The van der Waals surface area contributed by atoms with Crippen LogP contribution >= 0.6 is 11.3 Å². The van der Waals surface area contributed by atoms with Crippen LogP contribution in [0.15, 0.2) is 48.0 Å². The summed E-state index contributed by atoms with van der Waals surface area (Å²) in [5.74, 6) is -2.46. The number of anilines is 1. The number of hydrogen-bond acceptors (Lipinski definition) is 10. The van der Waals surface area contributed by atoms with Crippen LogP contribution in [0, 0.1) is 24.0 Å². The molecule has 12 heteroatoms. The second-order valence-corrected chi connectivity index (χ2v) is 9.08. The molecule has 1 amide bonds. The Bertz CT molecular complexity index is 1480. The summed E-state index contributed by atoms with van der Waals surface area (Å²) in [4.78, 5) is 54.9. The molecule has 1 aromatic heterocycles. The van der Waals surface area contributed by atoms with Crippen molar-refractivity contribution in [3.8, 4) is 5.75 Å². The average Bonchev–Trinajstić information content (AvgIpc) is 3.39. The van der Waals surface area contributed by atoms with Gasteiger partial charge in [-0.1, -0.05) is 11.3 Å². The van der Waals surface area contributed by atoms with Crippen LogP contribution in [0.3, 0.4) is 0 Å². The molecule has 1 aliphatic rings. The first kappa shape index (κ1) is 25.5. The topological polar surface area (TPSA) is 149 Å². The predicted octanol–water partition coefficient (Wildman–Crippen LogP) is 4.09. The SMILES string of the molecule is COC(=O)c1sc(N2C(=O)C(=O)/C(=C(/O)c3ccc(OC)c(C)c3)[C@H]2c2ccc([N+](=O)[O-])cc2)nc1C. The first-order valence-corrected chi connectivity index (χ1v) is 11.7. The van der Waals surface area contributed by atoms with Crippen LogP contribution in [0.2, 0.25) is 0 Å². The fraction of sp³-hybridized carbons (Fsp3) is 0.200. The number of nitro benzene ring substituents is 1. The molecule has 1 fully saturated rings. The van der Waals surface area contributed by atoms with Crippen LogP contribution in [-0.4, -0.2) is 46.9 Å². The molecule has 0 bridgehead atoms. The lowest BCUT2D eigenvalue weighted by Crippen LogP contribution is -2.29. The van der Waals surface area contributed by atoms with Crippen molar-refractivity contribution in [2.24, 2.45) is 0 Å². The number of nitro groups is 1. The van der Waals surface area contributed by atoms with Crippen LogP contribution in [0.4, 0.5) is 10.8 Å². The van der Waals surface area contributed by atoms with Crippen molar-refractivity contribution in [2.75, 3.05) is 19.1 Å². The number of non-ortho nitro benzene ring substituents is 1. The van der Waals surface area contributed by atoms with E-state index in [4.69, 9.17) is 9.47 Å². The average molecular weight is 524 g/mol. The minimum absolute atomic E-state index is 0.0355. The van der Waals surface area contributed by atoms with Gasteiger partial charge in [-0.2, -0.15) is 0 Å². The van der Waals surface area contributed by atoms with Gasteiger partial charge in [0.25, 0.3) is 11.5 Å². The summed E-state index contributed by atoms with van der Waals surface area (Å²) in [7, 11) is 2.71. The quantitative estimate of drug-likeness (QED) is 0.126. The molecule has 190 valence electrons. The minimum atomic E-state index is -1.17. The third-order valence-electron chi connectivity index (χ3n) is 5.89. The Morgan fingerprint density at radius 2 is 1.81 bits per heavy atom. The van der Waals surface area contributed by atoms with Gasteiger partial charge in [0.15, 0.2) is 5.13 Å². The third kappa shape index (κ3) is 4.42. The summed E-state index contributed by atoms with van der Waals surface area (Å²) in [6.07, 6.45) is 0. The Kier molecular flexibility index (Phi) is 6.77. The van der Waals surface area contributed by atoms with Gasteiger partial charge in [0.05, 0.1) is 36.5 Å². The molecule has 1 saturated heterocycles. The molecule has 11 nitrogen and oxygen atoms in total. The molecule has 1 aliphatic heterocycles. The fourth-order valence-electron chi connectivity index (χ4n) is 4.07. The van der Waals surface area contributed by atoms with E-state index >= 15 is 0 Å². The molecule has 37 heavy (non-hydrogen) atoms. The van der Waals surface area contributed by atoms with Gasteiger partial charge >= 0.3 is 11.9 Å². The summed E-state index contributed by atoms with van der Waals surface area (Å²) < 4.78 is 10.0. The lowest BCUT2D eigenvalue weighted by molar-refractivity contribution is -0.384. The summed E-state index contributed by atoms with van der Waals surface area (Å²) in [6, 6.07) is 8.88. The van der Waals surface area contributed by atoms with Crippen molar-refractivity contribution in [3.63, 3.8) is 0 Å². The number of carbonyl (C=O) groups is 3. The Balaban J connectivity index is 1.94. The maximum absolute atomic E-state index is 13.3.